The van der Waals surface area contributed by atoms with Gasteiger partial charge in [-0.25, -0.2) is 0 Å². The third-order valence-corrected chi connectivity index (χ3v) is 2.42. The molecule has 0 unspecified atom stereocenters. The minimum atomic E-state index is -4.76. The maximum atomic E-state index is 12.0. The van der Waals surface area contributed by atoms with E-state index in [-0.39, 0.29) is 30.7 Å². The summed E-state index contributed by atoms with van der Waals surface area (Å²) in [6, 6.07) is 4.75. The first-order valence-electron chi connectivity index (χ1n) is 5.28. The lowest BCUT2D eigenvalue weighted by Crippen LogP contribution is -2.51. The Morgan fingerprint density at radius 2 is 1.79 bits per heavy atom. The van der Waals surface area contributed by atoms with E-state index >= 15 is 0 Å². The fourth-order valence-corrected chi connectivity index (χ4v) is 1.62. The van der Waals surface area contributed by atoms with Crippen LogP contribution in [0.4, 0.5) is 18.9 Å². The number of benzene rings is 1. The van der Waals surface area contributed by atoms with E-state index in [4.69, 9.17) is 0 Å². The van der Waals surface area contributed by atoms with Crippen molar-refractivity contribution in [3.05, 3.63) is 24.3 Å². The van der Waals surface area contributed by atoms with E-state index in [0.717, 1.165) is 12.1 Å². The molecule has 8 heteroatoms. The number of nitrogens with zero attached hydrogens (tertiary/aromatic N) is 1. The Morgan fingerprint density at radius 1 is 1.16 bits per heavy atom. The molecule has 1 aliphatic rings. The number of nitrogens with one attached hydrogen (secondary N) is 1. The van der Waals surface area contributed by atoms with Gasteiger partial charge >= 0.3 is 6.36 Å². The van der Waals surface area contributed by atoms with Crippen molar-refractivity contribution in [3.63, 3.8) is 0 Å². The third kappa shape index (κ3) is 3.36. The van der Waals surface area contributed by atoms with Crippen LogP contribution < -0.4 is 15.0 Å². The number of hydrogen-bond donors (Lipinski definition) is 1. The highest BCUT2D eigenvalue weighted by Crippen LogP contribution is 2.25. The van der Waals surface area contributed by atoms with Gasteiger partial charge in [0, 0.05) is 5.69 Å². The van der Waals surface area contributed by atoms with Gasteiger partial charge in [-0.05, 0) is 24.3 Å². The molecule has 19 heavy (non-hydrogen) atoms. The Bertz CT molecular complexity index is 499. The molecule has 0 atom stereocenters. The van der Waals surface area contributed by atoms with Crippen LogP contribution in [0.1, 0.15) is 0 Å². The molecule has 5 nitrogen and oxygen atoms in total. The van der Waals surface area contributed by atoms with Crippen LogP contribution in [0.3, 0.4) is 0 Å². The fraction of sp³-hybridized carbons (Fsp3) is 0.273. The summed E-state index contributed by atoms with van der Waals surface area (Å²) in [6.45, 7) is -0.280. The average molecular weight is 274 g/mol. The lowest BCUT2D eigenvalue weighted by molar-refractivity contribution is -0.274. The van der Waals surface area contributed by atoms with Crippen molar-refractivity contribution in [3.8, 4) is 5.75 Å². The summed E-state index contributed by atoms with van der Waals surface area (Å²) < 4.78 is 39.6. The molecule has 102 valence electrons. The van der Waals surface area contributed by atoms with E-state index in [1.165, 1.54) is 17.0 Å². The Balaban J connectivity index is 2.13. The standard InChI is InChI=1S/C11H9F3N2O3/c12-11(13,14)19-8-3-1-7(2-4-8)16-6-9(17)15-5-10(16)18/h1-4H,5-6H2,(H,15,17). The molecule has 0 bridgehead atoms. The molecule has 1 saturated heterocycles. The highest BCUT2D eigenvalue weighted by atomic mass is 19.4. The lowest BCUT2D eigenvalue weighted by atomic mass is 10.2. The number of carbonyl (C=O) groups excluding carboxylic acids is 2. The largest absolute Gasteiger partial charge is 0.573 e. The molecule has 1 aromatic carbocycles. The van der Waals surface area contributed by atoms with Crippen LogP contribution >= 0.6 is 0 Å². The van der Waals surface area contributed by atoms with Crippen molar-refractivity contribution >= 4 is 17.5 Å². The summed E-state index contributed by atoms with van der Waals surface area (Å²) in [6.07, 6.45) is -4.76. The first-order valence-corrected chi connectivity index (χ1v) is 5.28. The van der Waals surface area contributed by atoms with Crippen molar-refractivity contribution in [2.24, 2.45) is 0 Å². The molecule has 0 spiro atoms. The molecular weight excluding hydrogens is 265 g/mol. The molecule has 2 rings (SSSR count). The summed E-state index contributed by atoms with van der Waals surface area (Å²) >= 11 is 0. The highest BCUT2D eigenvalue weighted by Gasteiger charge is 2.31. The van der Waals surface area contributed by atoms with Crippen LogP contribution in [0.2, 0.25) is 0 Å². The van der Waals surface area contributed by atoms with Gasteiger partial charge in [-0.2, -0.15) is 0 Å². The molecule has 0 radical (unpaired) electrons. The van der Waals surface area contributed by atoms with Crippen molar-refractivity contribution < 1.29 is 27.5 Å². The van der Waals surface area contributed by atoms with Crippen LogP contribution in [0.15, 0.2) is 24.3 Å². The number of hydrogen-bond acceptors (Lipinski definition) is 3. The summed E-state index contributed by atoms with van der Waals surface area (Å²) in [4.78, 5) is 23.9. The van der Waals surface area contributed by atoms with Crippen LogP contribution in [-0.2, 0) is 9.59 Å². The maximum Gasteiger partial charge on any atom is 0.573 e. The van der Waals surface area contributed by atoms with Gasteiger partial charge in [0.15, 0.2) is 0 Å². The third-order valence-electron chi connectivity index (χ3n) is 2.42. The molecule has 1 aromatic rings. The van der Waals surface area contributed by atoms with Gasteiger partial charge in [0.1, 0.15) is 12.3 Å². The topological polar surface area (TPSA) is 58.6 Å². The summed E-state index contributed by atoms with van der Waals surface area (Å²) in [5.74, 6) is -1.04. The molecule has 1 N–H and O–H groups in total. The Hall–Kier alpha value is -2.25. The zero-order valence-corrected chi connectivity index (χ0v) is 9.53. The van der Waals surface area contributed by atoms with E-state index < -0.39 is 6.36 Å². The molecule has 1 aliphatic heterocycles. The number of anilines is 1. The van der Waals surface area contributed by atoms with Crippen molar-refractivity contribution in [1.82, 2.24) is 5.32 Å². The zero-order valence-electron chi connectivity index (χ0n) is 9.53. The van der Waals surface area contributed by atoms with Crippen molar-refractivity contribution in [2.45, 2.75) is 6.36 Å². The minimum absolute atomic E-state index is 0.125. The average Bonchev–Trinajstić information content (AvgIpc) is 2.31. The number of ether oxygens (including phenoxy) is 1. The van der Waals surface area contributed by atoms with Gasteiger partial charge in [-0.1, -0.05) is 0 Å². The number of rotatable bonds is 2. The van der Waals surface area contributed by atoms with E-state index in [0.29, 0.717) is 5.69 Å². The molecule has 0 aromatic heterocycles. The number of alkyl halides is 3. The predicted molar refractivity (Wildman–Crippen MR) is 58.5 cm³/mol. The Labute approximate surface area is 105 Å². The molecule has 0 aliphatic carbocycles. The molecular formula is C11H9F3N2O3. The van der Waals surface area contributed by atoms with Gasteiger partial charge in [0.2, 0.25) is 11.8 Å². The van der Waals surface area contributed by atoms with Crippen LogP contribution in [0, 0.1) is 0 Å². The minimum Gasteiger partial charge on any atom is -0.406 e. The number of carbonyl (C=O) groups is 2. The molecule has 0 saturated carbocycles. The first kappa shape index (κ1) is 13.2. The SMILES string of the molecule is O=C1CN(c2ccc(OC(F)(F)F)cc2)C(=O)CN1. The van der Waals surface area contributed by atoms with Gasteiger partial charge in [0.05, 0.1) is 6.54 Å². The summed E-state index contributed by atoms with van der Waals surface area (Å²) in [5.41, 5.74) is 0.342. The molecule has 2 amide bonds. The molecule has 1 fully saturated rings. The highest BCUT2D eigenvalue weighted by molar-refractivity contribution is 6.04. The van der Waals surface area contributed by atoms with Crippen LogP contribution in [-0.4, -0.2) is 31.3 Å². The fourth-order valence-electron chi connectivity index (χ4n) is 1.62. The molecule has 1 heterocycles. The van der Waals surface area contributed by atoms with E-state index in [1.807, 2.05) is 0 Å². The second-order valence-corrected chi connectivity index (χ2v) is 3.80. The first-order chi connectivity index (χ1) is 8.85. The van der Waals surface area contributed by atoms with E-state index in [2.05, 4.69) is 10.1 Å². The number of piperazine rings is 1. The van der Waals surface area contributed by atoms with Crippen molar-refractivity contribution in [1.29, 1.82) is 0 Å². The second-order valence-electron chi connectivity index (χ2n) is 3.80. The van der Waals surface area contributed by atoms with E-state index in [1.54, 1.807) is 0 Å². The number of amides is 2. The maximum absolute atomic E-state index is 12.0. The lowest BCUT2D eigenvalue weighted by Gasteiger charge is -2.26. The van der Waals surface area contributed by atoms with Gasteiger partial charge in [0.25, 0.3) is 0 Å². The monoisotopic (exact) mass is 274 g/mol. The zero-order chi connectivity index (χ0) is 14.0. The van der Waals surface area contributed by atoms with Crippen molar-refractivity contribution in [2.75, 3.05) is 18.0 Å². The normalized spacial score (nSPS) is 16.3. The second kappa shape index (κ2) is 4.79. The predicted octanol–water partition coefficient (Wildman–Crippen LogP) is 1.05. The summed E-state index contributed by atoms with van der Waals surface area (Å²) in [7, 11) is 0. The van der Waals surface area contributed by atoms with Crippen LogP contribution in [0.25, 0.3) is 0 Å². The Kier molecular flexibility index (Phi) is 3.32. The number of halogens is 3. The van der Waals surface area contributed by atoms with Gasteiger partial charge < -0.3 is 15.0 Å². The van der Waals surface area contributed by atoms with E-state index in [9.17, 15) is 22.8 Å². The van der Waals surface area contributed by atoms with Crippen LogP contribution in [0.5, 0.6) is 5.75 Å². The smallest absolute Gasteiger partial charge is 0.406 e. The van der Waals surface area contributed by atoms with Gasteiger partial charge in [-0.15, -0.1) is 13.2 Å². The quantitative estimate of drug-likeness (QED) is 0.877. The summed E-state index contributed by atoms with van der Waals surface area (Å²) in [5, 5.41) is 2.37. The van der Waals surface area contributed by atoms with Gasteiger partial charge in [-0.3, -0.25) is 9.59 Å². The Morgan fingerprint density at radius 3 is 2.37 bits per heavy atom.